The van der Waals surface area contributed by atoms with Crippen molar-refractivity contribution in [3.63, 3.8) is 0 Å². The number of carbonyl (C=O) groups is 1. The fourth-order valence-electron chi connectivity index (χ4n) is 1.81. The van der Waals surface area contributed by atoms with E-state index in [1.807, 2.05) is 12.1 Å². The number of phenolic OH excluding ortho intramolecular Hbond substituents is 1. The number of phenols is 1. The molecule has 0 bridgehead atoms. The molecule has 1 unspecified atom stereocenters. The van der Waals surface area contributed by atoms with Crippen LogP contribution in [0.2, 0.25) is 0 Å². The SMILES string of the molecule is CCCCC(Cc1ccc(O)cc1)C(=O)NN. The minimum Gasteiger partial charge on any atom is -0.508 e. The third kappa shape index (κ3) is 4.44. The lowest BCUT2D eigenvalue weighted by molar-refractivity contribution is -0.125. The maximum absolute atomic E-state index is 11.6. The number of rotatable bonds is 6. The molecule has 1 amide bonds. The van der Waals surface area contributed by atoms with Crippen LogP contribution in [0.15, 0.2) is 24.3 Å². The Kier molecular flexibility index (Phi) is 5.49. The number of hydrogen-bond acceptors (Lipinski definition) is 3. The molecule has 4 nitrogen and oxygen atoms in total. The summed E-state index contributed by atoms with van der Waals surface area (Å²) in [6, 6.07) is 6.93. The summed E-state index contributed by atoms with van der Waals surface area (Å²) in [4.78, 5) is 11.6. The van der Waals surface area contributed by atoms with E-state index in [9.17, 15) is 9.90 Å². The number of aromatic hydroxyl groups is 1. The molecule has 94 valence electrons. The highest BCUT2D eigenvalue weighted by Gasteiger charge is 2.17. The van der Waals surface area contributed by atoms with Crippen LogP contribution in [0.5, 0.6) is 5.75 Å². The van der Waals surface area contributed by atoms with Gasteiger partial charge >= 0.3 is 0 Å². The molecule has 0 fully saturated rings. The van der Waals surface area contributed by atoms with Crippen LogP contribution in [0.3, 0.4) is 0 Å². The topological polar surface area (TPSA) is 75.3 Å². The molecule has 1 atom stereocenters. The van der Waals surface area contributed by atoms with Gasteiger partial charge in [0.15, 0.2) is 0 Å². The average Bonchev–Trinajstić information content (AvgIpc) is 2.36. The van der Waals surface area contributed by atoms with Gasteiger partial charge in [-0.25, -0.2) is 5.84 Å². The molecule has 0 aromatic heterocycles. The molecule has 0 aliphatic carbocycles. The number of amides is 1. The summed E-state index contributed by atoms with van der Waals surface area (Å²) in [6.45, 7) is 2.10. The molecule has 0 saturated carbocycles. The van der Waals surface area contributed by atoms with E-state index < -0.39 is 0 Å². The Bertz CT molecular complexity index is 349. The maximum atomic E-state index is 11.6. The van der Waals surface area contributed by atoms with Crippen LogP contribution in [0.4, 0.5) is 0 Å². The predicted octanol–water partition coefficient (Wildman–Crippen LogP) is 1.73. The number of nitrogens with one attached hydrogen (secondary N) is 1. The van der Waals surface area contributed by atoms with Crippen molar-refractivity contribution in [3.05, 3.63) is 29.8 Å². The van der Waals surface area contributed by atoms with Crippen molar-refractivity contribution in [2.45, 2.75) is 32.6 Å². The van der Waals surface area contributed by atoms with Crippen molar-refractivity contribution in [3.8, 4) is 5.75 Å². The first kappa shape index (κ1) is 13.5. The van der Waals surface area contributed by atoms with Gasteiger partial charge in [-0.05, 0) is 30.5 Å². The van der Waals surface area contributed by atoms with Crippen molar-refractivity contribution >= 4 is 5.91 Å². The van der Waals surface area contributed by atoms with Crippen LogP contribution >= 0.6 is 0 Å². The lowest BCUT2D eigenvalue weighted by Crippen LogP contribution is -2.36. The standard InChI is InChI=1S/C13H20N2O2/c1-2-3-4-11(13(17)15-14)9-10-5-7-12(16)8-6-10/h5-8,11,16H,2-4,9,14H2,1H3,(H,15,17). The van der Waals surface area contributed by atoms with Crippen LogP contribution < -0.4 is 11.3 Å². The normalized spacial score (nSPS) is 12.1. The Morgan fingerprint density at radius 3 is 2.59 bits per heavy atom. The van der Waals surface area contributed by atoms with Gasteiger partial charge in [0.2, 0.25) is 5.91 Å². The Hall–Kier alpha value is -1.55. The lowest BCUT2D eigenvalue weighted by atomic mass is 9.93. The van der Waals surface area contributed by atoms with Crippen molar-refractivity contribution in [1.29, 1.82) is 0 Å². The second kappa shape index (κ2) is 6.91. The summed E-state index contributed by atoms with van der Waals surface area (Å²) in [5, 5.41) is 9.19. The van der Waals surface area contributed by atoms with E-state index in [4.69, 9.17) is 5.84 Å². The number of unbranched alkanes of at least 4 members (excludes halogenated alkanes) is 1. The number of benzene rings is 1. The Labute approximate surface area is 102 Å². The highest BCUT2D eigenvalue weighted by atomic mass is 16.3. The first-order valence-corrected chi connectivity index (χ1v) is 5.95. The summed E-state index contributed by atoms with van der Waals surface area (Å²) in [7, 11) is 0. The van der Waals surface area contributed by atoms with E-state index in [-0.39, 0.29) is 17.6 Å². The molecule has 0 spiro atoms. The molecule has 0 aliphatic heterocycles. The smallest absolute Gasteiger partial charge is 0.237 e. The lowest BCUT2D eigenvalue weighted by Gasteiger charge is -2.14. The van der Waals surface area contributed by atoms with Crippen molar-refractivity contribution < 1.29 is 9.90 Å². The van der Waals surface area contributed by atoms with Gasteiger partial charge in [-0.15, -0.1) is 0 Å². The molecule has 4 N–H and O–H groups in total. The van der Waals surface area contributed by atoms with E-state index in [0.29, 0.717) is 6.42 Å². The van der Waals surface area contributed by atoms with Crippen LogP contribution in [-0.4, -0.2) is 11.0 Å². The Morgan fingerprint density at radius 1 is 1.41 bits per heavy atom. The summed E-state index contributed by atoms with van der Waals surface area (Å²) in [6.07, 6.45) is 3.56. The summed E-state index contributed by atoms with van der Waals surface area (Å²) >= 11 is 0. The summed E-state index contributed by atoms with van der Waals surface area (Å²) in [5.41, 5.74) is 3.25. The fourth-order valence-corrected chi connectivity index (χ4v) is 1.81. The third-order valence-corrected chi connectivity index (χ3v) is 2.84. The molecule has 1 aromatic carbocycles. The van der Waals surface area contributed by atoms with Crippen LogP contribution in [0.25, 0.3) is 0 Å². The maximum Gasteiger partial charge on any atom is 0.237 e. The zero-order chi connectivity index (χ0) is 12.7. The molecule has 0 heterocycles. The zero-order valence-corrected chi connectivity index (χ0v) is 10.1. The Balaban J connectivity index is 2.64. The summed E-state index contributed by atoms with van der Waals surface area (Å²) in [5.74, 6) is 5.21. The van der Waals surface area contributed by atoms with Crippen molar-refractivity contribution in [2.75, 3.05) is 0 Å². The molecular formula is C13H20N2O2. The zero-order valence-electron chi connectivity index (χ0n) is 10.1. The average molecular weight is 236 g/mol. The van der Waals surface area contributed by atoms with Crippen LogP contribution in [-0.2, 0) is 11.2 Å². The van der Waals surface area contributed by atoms with Gasteiger partial charge in [0, 0.05) is 5.92 Å². The van der Waals surface area contributed by atoms with E-state index in [1.165, 1.54) is 0 Å². The number of hydrogen-bond donors (Lipinski definition) is 3. The van der Waals surface area contributed by atoms with Crippen LogP contribution in [0.1, 0.15) is 31.7 Å². The van der Waals surface area contributed by atoms with Gasteiger partial charge in [-0.1, -0.05) is 31.9 Å². The monoisotopic (exact) mass is 236 g/mol. The summed E-state index contributed by atoms with van der Waals surface area (Å²) < 4.78 is 0. The van der Waals surface area contributed by atoms with Gasteiger partial charge in [0.1, 0.15) is 5.75 Å². The number of carbonyl (C=O) groups excluding carboxylic acids is 1. The third-order valence-electron chi connectivity index (χ3n) is 2.84. The number of hydrazine groups is 1. The minimum atomic E-state index is -0.119. The molecule has 17 heavy (non-hydrogen) atoms. The largest absolute Gasteiger partial charge is 0.508 e. The molecule has 0 saturated heterocycles. The second-order valence-corrected chi connectivity index (χ2v) is 4.22. The quantitative estimate of drug-likeness (QED) is 0.400. The fraction of sp³-hybridized carbons (Fsp3) is 0.462. The predicted molar refractivity (Wildman–Crippen MR) is 67.2 cm³/mol. The molecule has 0 radical (unpaired) electrons. The first-order valence-electron chi connectivity index (χ1n) is 5.95. The van der Waals surface area contributed by atoms with Crippen LogP contribution in [0, 0.1) is 5.92 Å². The highest BCUT2D eigenvalue weighted by molar-refractivity contribution is 5.78. The molecule has 1 aromatic rings. The minimum absolute atomic E-state index is 0.0931. The van der Waals surface area contributed by atoms with E-state index in [0.717, 1.165) is 24.8 Å². The van der Waals surface area contributed by atoms with E-state index >= 15 is 0 Å². The molecule has 0 aliphatic rings. The molecular weight excluding hydrogens is 216 g/mol. The van der Waals surface area contributed by atoms with Crippen molar-refractivity contribution in [1.82, 2.24) is 5.43 Å². The Morgan fingerprint density at radius 2 is 2.06 bits per heavy atom. The molecule has 4 heteroatoms. The van der Waals surface area contributed by atoms with Gasteiger partial charge in [-0.2, -0.15) is 0 Å². The molecule has 1 rings (SSSR count). The van der Waals surface area contributed by atoms with E-state index in [2.05, 4.69) is 12.3 Å². The number of nitrogens with two attached hydrogens (primary N) is 1. The van der Waals surface area contributed by atoms with Gasteiger partial charge in [-0.3, -0.25) is 10.2 Å². The highest BCUT2D eigenvalue weighted by Crippen LogP contribution is 2.17. The van der Waals surface area contributed by atoms with Gasteiger partial charge < -0.3 is 5.11 Å². The first-order chi connectivity index (χ1) is 8.17. The van der Waals surface area contributed by atoms with Gasteiger partial charge in [0.25, 0.3) is 0 Å². The van der Waals surface area contributed by atoms with Crippen molar-refractivity contribution in [2.24, 2.45) is 11.8 Å². The van der Waals surface area contributed by atoms with E-state index in [1.54, 1.807) is 12.1 Å². The van der Waals surface area contributed by atoms with Gasteiger partial charge in [0.05, 0.1) is 0 Å². The second-order valence-electron chi connectivity index (χ2n) is 4.22.